The number of amides is 1. The fraction of sp³-hybridized carbons (Fsp3) is 0.182. The average Bonchev–Trinajstić information content (AvgIpc) is 2.78. The van der Waals surface area contributed by atoms with Gasteiger partial charge in [-0.3, -0.25) is 4.79 Å². The minimum Gasteiger partial charge on any atom is -0.478 e. The normalized spacial score (nSPS) is 12.1. The van der Waals surface area contributed by atoms with Crippen LogP contribution in [0.25, 0.3) is 0 Å². The van der Waals surface area contributed by atoms with Gasteiger partial charge in [0.25, 0.3) is 0 Å². The van der Waals surface area contributed by atoms with E-state index in [1.807, 2.05) is 48.5 Å². The summed E-state index contributed by atoms with van der Waals surface area (Å²) in [7, 11) is 1.31. The molecule has 0 bridgehead atoms. The number of nitrogens with one attached hydrogen (secondary N) is 1. The maximum absolute atomic E-state index is 12.6. The third-order valence-electron chi connectivity index (χ3n) is 4.02. The maximum atomic E-state index is 12.6. The Morgan fingerprint density at radius 3 is 1.84 bits per heavy atom. The Labute approximate surface area is 179 Å². The molecule has 0 radical (unpaired) electrons. The van der Waals surface area contributed by atoms with Gasteiger partial charge in [-0.25, -0.2) is 14.4 Å². The smallest absolute Gasteiger partial charge is 0.336 e. The van der Waals surface area contributed by atoms with Crippen molar-refractivity contribution in [3.05, 3.63) is 83.9 Å². The topological polar surface area (TPSA) is 156 Å². The van der Waals surface area contributed by atoms with Crippen molar-refractivity contribution in [2.75, 3.05) is 13.7 Å². The number of esters is 1. The van der Waals surface area contributed by atoms with Crippen LogP contribution in [0.3, 0.4) is 0 Å². The molecule has 9 nitrogen and oxygen atoms in total. The van der Waals surface area contributed by atoms with Crippen LogP contribution in [-0.4, -0.2) is 47.7 Å². The Morgan fingerprint density at radius 2 is 1.42 bits per heavy atom. The predicted molar refractivity (Wildman–Crippen MR) is 112 cm³/mol. The molecular formula is C22H24N2O7. The number of ether oxygens (including phenoxy) is 1. The first-order valence-corrected chi connectivity index (χ1v) is 9.08. The quantitative estimate of drug-likeness (QED) is 0.359. The van der Waals surface area contributed by atoms with Crippen molar-refractivity contribution in [3.8, 4) is 0 Å². The van der Waals surface area contributed by atoms with E-state index in [1.165, 1.54) is 7.11 Å². The van der Waals surface area contributed by atoms with Crippen LogP contribution in [0.1, 0.15) is 11.1 Å². The SMILES string of the molecule is COC(=O)C(Cc1ccccc1)(NC(=O)CN)c1ccccc1.O=C(O)/C=C\C(=O)O. The van der Waals surface area contributed by atoms with Crippen molar-refractivity contribution in [1.82, 2.24) is 5.32 Å². The zero-order valence-electron chi connectivity index (χ0n) is 16.9. The summed E-state index contributed by atoms with van der Waals surface area (Å²) in [5, 5.41) is 18.4. The van der Waals surface area contributed by atoms with E-state index in [-0.39, 0.29) is 13.0 Å². The lowest BCUT2D eigenvalue weighted by Crippen LogP contribution is -2.55. The van der Waals surface area contributed by atoms with E-state index in [4.69, 9.17) is 20.7 Å². The first-order valence-electron chi connectivity index (χ1n) is 9.08. The fourth-order valence-electron chi connectivity index (χ4n) is 2.69. The van der Waals surface area contributed by atoms with Crippen molar-refractivity contribution in [1.29, 1.82) is 0 Å². The largest absolute Gasteiger partial charge is 0.478 e. The molecule has 1 amide bonds. The second-order valence-corrected chi connectivity index (χ2v) is 6.19. The Kier molecular flexibility index (Phi) is 10.1. The summed E-state index contributed by atoms with van der Waals surface area (Å²) in [4.78, 5) is 43.7. The molecule has 2 aromatic carbocycles. The second-order valence-electron chi connectivity index (χ2n) is 6.19. The van der Waals surface area contributed by atoms with Gasteiger partial charge in [-0.1, -0.05) is 60.7 Å². The van der Waals surface area contributed by atoms with Crippen LogP contribution in [0.15, 0.2) is 72.8 Å². The summed E-state index contributed by atoms with van der Waals surface area (Å²) in [5.41, 5.74) is 5.67. The molecule has 31 heavy (non-hydrogen) atoms. The van der Waals surface area contributed by atoms with E-state index < -0.39 is 29.4 Å². The van der Waals surface area contributed by atoms with Crippen molar-refractivity contribution in [2.24, 2.45) is 5.73 Å². The highest BCUT2D eigenvalue weighted by molar-refractivity contribution is 5.90. The van der Waals surface area contributed by atoms with Crippen LogP contribution in [0.4, 0.5) is 0 Å². The lowest BCUT2D eigenvalue weighted by atomic mass is 9.83. The molecule has 2 aromatic rings. The van der Waals surface area contributed by atoms with Gasteiger partial charge in [0.15, 0.2) is 5.54 Å². The summed E-state index contributed by atoms with van der Waals surface area (Å²) in [5.74, 6) is -3.47. The van der Waals surface area contributed by atoms with Crippen molar-refractivity contribution in [2.45, 2.75) is 12.0 Å². The number of benzene rings is 2. The van der Waals surface area contributed by atoms with Crippen LogP contribution in [0, 0.1) is 0 Å². The summed E-state index contributed by atoms with van der Waals surface area (Å²) >= 11 is 0. The van der Waals surface area contributed by atoms with Gasteiger partial charge in [0.05, 0.1) is 13.7 Å². The molecule has 0 fully saturated rings. The fourth-order valence-corrected chi connectivity index (χ4v) is 2.69. The summed E-state index contributed by atoms with van der Waals surface area (Å²) < 4.78 is 4.99. The number of carboxylic acid groups (broad SMARTS) is 2. The van der Waals surface area contributed by atoms with Crippen molar-refractivity contribution < 1.29 is 34.1 Å². The van der Waals surface area contributed by atoms with Crippen molar-refractivity contribution >= 4 is 23.8 Å². The van der Waals surface area contributed by atoms with E-state index in [0.717, 1.165) is 5.56 Å². The standard InChI is InChI=1S/C18H20N2O3.C4H4O4/c1-23-17(22)18(20-16(21)13-19,15-10-6-3-7-11-15)12-14-8-4-2-5-9-14;5-3(6)1-2-4(7)8/h2-11H,12-13,19H2,1H3,(H,20,21);1-2H,(H,5,6)(H,7,8)/b;2-1-. The van der Waals surface area contributed by atoms with Crippen molar-refractivity contribution in [3.63, 3.8) is 0 Å². The number of carbonyl (C=O) groups excluding carboxylic acids is 2. The molecule has 0 saturated carbocycles. The van der Waals surface area contributed by atoms with Crippen LogP contribution in [0.2, 0.25) is 0 Å². The van der Waals surface area contributed by atoms with Gasteiger partial charge in [0, 0.05) is 18.6 Å². The van der Waals surface area contributed by atoms with Gasteiger partial charge < -0.3 is 26.0 Å². The van der Waals surface area contributed by atoms with E-state index >= 15 is 0 Å². The van der Waals surface area contributed by atoms with Gasteiger partial charge in [-0.2, -0.15) is 0 Å². The molecule has 164 valence electrons. The number of carboxylic acids is 2. The molecule has 0 aliphatic rings. The molecule has 0 aliphatic carbocycles. The Bertz CT molecular complexity index is 898. The molecule has 2 rings (SSSR count). The zero-order chi connectivity index (χ0) is 23.3. The van der Waals surface area contributed by atoms with Gasteiger partial charge in [-0.15, -0.1) is 0 Å². The summed E-state index contributed by atoms with van der Waals surface area (Å²) in [6, 6.07) is 18.5. The maximum Gasteiger partial charge on any atom is 0.336 e. The highest BCUT2D eigenvalue weighted by atomic mass is 16.5. The van der Waals surface area contributed by atoms with E-state index in [2.05, 4.69) is 5.32 Å². The third-order valence-corrected chi connectivity index (χ3v) is 4.02. The number of rotatable bonds is 8. The number of aliphatic carboxylic acids is 2. The molecule has 0 saturated heterocycles. The number of nitrogens with two attached hydrogens (primary N) is 1. The minimum absolute atomic E-state index is 0.208. The molecule has 1 unspecified atom stereocenters. The molecule has 9 heteroatoms. The number of methoxy groups -OCH3 is 1. The highest BCUT2D eigenvalue weighted by Crippen LogP contribution is 2.27. The lowest BCUT2D eigenvalue weighted by molar-refractivity contribution is -0.151. The van der Waals surface area contributed by atoms with E-state index in [9.17, 15) is 19.2 Å². The van der Waals surface area contributed by atoms with Crippen LogP contribution in [0.5, 0.6) is 0 Å². The third kappa shape index (κ3) is 8.11. The van der Waals surface area contributed by atoms with Crippen LogP contribution in [-0.2, 0) is 35.9 Å². The van der Waals surface area contributed by atoms with Crippen LogP contribution >= 0.6 is 0 Å². The average molecular weight is 428 g/mol. The molecule has 0 aliphatic heterocycles. The van der Waals surface area contributed by atoms with Gasteiger partial charge in [0.2, 0.25) is 5.91 Å². The second kappa shape index (κ2) is 12.6. The summed E-state index contributed by atoms with van der Waals surface area (Å²) in [6.07, 6.45) is 1.39. The Hall–Kier alpha value is -3.98. The molecule has 5 N–H and O–H groups in total. The van der Waals surface area contributed by atoms with E-state index in [1.54, 1.807) is 12.1 Å². The summed E-state index contributed by atoms with van der Waals surface area (Å²) in [6.45, 7) is -0.208. The van der Waals surface area contributed by atoms with Crippen LogP contribution < -0.4 is 11.1 Å². The molecule has 0 heterocycles. The zero-order valence-corrected chi connectivity index (χ0v) is 16.9. The Morgan fingerprint density at radius 1 is 0.935 bits per heavy atom. The van der Waals surface area contributed by atoms with E-state index in [0.29, 0.717) is 17.7 Å². The minimum atomic E-state index is -1.31. The highest BCUT2D eigenvalue weighted by Gasteiger charge is 2.42. The molecule has 0 spiro atoms. The first kappa shape index (κ1) is 25.1. The number of hydrogen-bond donors (Lipinski definition) is 4. The molecular weight excluding hydrogens is 404 g/mol. The predicted octanol–water partition coefficient (Wildman–Crippen LogP) is 1.08. The molecule has 1 atom stereocenters. The number of hydrogen-bond acceptors (Lipinski definition) is 6. The molecule has 0 aromatic heterocycles. The van der Waals surface area contributed by atoms with Gasteiger partial charge in [0.1, 0.15) is 0 Å². The lowest BCUT2D eigenvalue weighted by Gasteiger charge is -2.32. The monoisotopic (exact) mass is 428 g/mol. The van der Waals surface area contributed by atoms with Gasteiger partial charge in [-0.05, 0) is 11.1 Å². The number of carbonyl (C=O) groups is 4. The first-order chi connectivity index (χ1) is 14.7. The Balaban J connectivity index is 0.000000512. The van der Waals surface area contributed by atoms with Gasteiger partial charge >= 0.3 is 17.9 Å².